The molecule has 0 N–H and O–H groups in total. The van der Waals surface area contributed by atoms with Crippen LogP contribution in [0.4, 0.5) is 0 Å². The molecule has 0 saturated heterocycles. The smallest absolute Gasteiger partial charge is 0.344 e. The highest BCUT2D eigenvalue weighted by Crippen LogP contribution is 2.62. The van der Waals surface area contributed by atoms with Crippen LogP contribution in [0.15, 0.2) is 99.6 Å². The van der Waals surface area contributed by atoms with Gasteiger partial charge in [-0.05, 0) is 172 Å². The van der Waals surface area contributed by atoms with Crippen LogP contribution in [0.25, 0.3) is 11.1 Å². The summed E-state index contributed by atoms with van der Waals surface area (Å²) in [6.45, 7) is 2.44. The monoisotopic (exact) mass is 842 g/mol. The van der Waals surface area contributed by atoms with Gasteiger partial charge in [0.05, 0.1) is 3.57 Å². The van der Waals surface area contributed by atoms with Crippen LogP contribution in [0.3, 0.4) is 0 Å². The highest BCUT2D eigenvalue weighted by molar-refractivity contribution is 14.1. The van der Waals surface area contributed by atoms with Crippen molar-refractivity contribution in [3.63, 3.8) is 0 Å². The van der Waals surface area contributed by atoms with E-state index in [-0.39, 0.29) is 18.2 Å². The number of carbonyl (C=O) groups excluding carboxylic acids is 1. The quantitative estimate of drug-likeness (QED) is 0.0961. The number of fused-ring (bicyclic) bond motifs is 3. The Balaban J connectivity index is 0.947. The molecule has 0 spiro atoms. The zero-order chi connectivity index (χ0) is 30.7. The number of hydrogen-bond acceptors (Lipinski definition) is 4. The lowest BCUT2D eigenvalue weighted by Gasteiger charge is -2.59. The Labute approximate surface area is 295 Å². The summed E-state index contributed by atoms with van der Waals surface area (Å²) in [5.74, 6) is 3.89. The molecule has 4 aliphatic carbocycles. The van der Waals surface area contributed by atoms with Crippen LogP contribution in [-0.2, 0) is 16.1 Å². The standard InChI is InChI=1S/C38H36I2O4S/c1-38(26-15-23-14-24(17-26)18-27(38)16-23)44-36(41)22-43-37-25(19-28(39)20-33(37)40)21-42-29-10-12-30(13-11-29)45-34-8-4-2-6-31(34)32-7-3-5-9-35(32)45/h2-13,19-20,23-24,26-27,45H,14-18,21-22H2,1H3. The number of carbonyl (C=O) groups is 1. The van der Waals surface area contributed by atoms with Crippen molar-refractivity contribution >= 4 is 62.0 Å². The lowest BCUT2D eigenvalue weighted by Crippen LogP contribution is -2.58. The SMILES string of the molecule is CC1(OC(=O)COc2c(I)cc(I)cc2COc2ccc([SH]3c4ccccc4-c4ccccc43)cc2)C2CC3CC(C2)CC1C3. The molecule has 0 aromatic heterocycles. The number of hydrogen-bond donors (Lipinski definition) is 1. The van der Waals surface area contributed by atoms with Crippen molar-refractivity contribution in [2.75, 3.05) is 6.61 Å². The van der Waals surface area contributed by atoms with Crippen LogP contribution in [0, 0.1) is 30.8 Å². The molecule has 1 heterocycles. The van der Waals surface area contributed by atoms with Crippen LogP contribution in [0.1, 0.15) is 44.6 Å². The van der Waals surface area contributed by atoms with Gasteiger partial charge in [0, 0.05) is 18.9 Å². The molecule has 4 saturated carbocycles. The minimum Gasteiger partial charge on any atom is -0.489 e. The Morgan fingerprint density at radius 1 is 0.800 bits per heavy atom. The topological polar surface area (TPSA) is 44.8 Å². The maximum absolute atomic E-state index is 13.2. The Kier molecular flexibility index (Phi) is 8.09. The van der Waals surface area contributed by atoms with Gasteiger partial charge in [-0.25, -0.2) is 4.79 Å². The van der Waals surface area contributed by atoms with Crippen molar-refractivity contribution in [3.8, 4) is 22.6 Å². The fraction of sp³-hybridized carbons (Fsp3) is 0.342. The maximum Gasteiger partial charge on any atom is 0.344 e. The number of esters is 1. The van der Waals surface area contributed by atoms with Gasteiger partial charge in [-0.1, -0.05) is 36.4 Å². The summed E-state index contributed by atoms with van der Waals surface area (Å²) >= 11 is 4.61. The van der Waals surface area contributed by atoms with Crippen LogP contribution < -0.4 is 9.47 Å². The van der Waals surface area contributed by atoms with E-state index in [9.17, 15) is 4.79 Å². The minimum atomic E-state index is -0.598. The third kappa shape index (κ3) is 5.58. The molecule has 0 atom stereocenters. The Hall–Kier alpha value is -2.24. The number of rotatable bonds is 8. The lowest BCUT2D eigenvalue weighted by atomic mass is 9.50. The van der Waals surface area contributed by atoms with Crippen LogP contribution in [0.2, 0.25) is 0 Å². The molecule has 4 aromatic carbocycles. The van der Waals surface area contributed by atoms with Crippen LogP contribution in [-0.4, -0.2) is 18.2 Å². The molecule has 4 aromatic rings. The molecule has 0 unspecified atom stereocenters. The highest BCUT2D eigenvalue weighted by atomic mass is 127. The van der Waals surface area contributed by atoms with E-state index in [0.717, 1.165) is 30.3 Å². The van der Waals surface area contributed by atoms with E-state index < -0.39 is 10.9 Å². The molecule has 7 heteroatoms. The Morgan fingerprint density at radius 3 is 2.02 bits per heavy atom. The van der Waals surface area contributed by atoms with Gasteiger partial charge < -0.3 is 14.2 Å². The number of thiol groups is 1. The summed E-state index contributed by atoms with van der Waals surface area (Å²) < 4.78 is 20.8. The number of halogens is 2. The predicted molar refractivity (Wildman–Crippen MR) is 195 cm³/mol. The van der Waals surface area contributed by atoms with Gasteiger partial charge >= 0.3 is 5.97 Å². The maximum atomic E-state index is 13.2. The molecule has 4 fully saturated rings. The van der Waals surface area contributed by atoms with Gasteiger partial charge in [0.25, 0.3) is 0 Å². The van der Waals surface area contributed by atoms with Crippen molar-refractivity contribution < 1.29 is 19.0 Å². The fourth-order valence-corrected chi connectivity index (χ4v) is 13.4. The fourth-order valence-electron chi connectivity index (χ4n) is 8.63. The zero-order valence-corrected chi connectivity index (χ0v) is 30.4. The van der Waals surface area contributed by atoms with E-state index in [2.05, 4.69) is 137 Å². The molecular formula is C38H36I2O4S. The normalized spacial score (nSPS) is 26.3. The van der Waals surface area contributed by atoms with E-state index in [1.807, 2.05) is 0 Å². The molecule has 4 bridgehead atoms. The minimum absolute atomic E-state index is 0.0906. The summed E-state index contributed by atoms with van der Waals surface area (Å²) in [5.41, 5.74) is 3.26. The summed E-state index contributed by atoms with van der Waals surface area (Å²) in [7, 11) is -0.598. The predicted octanol–water partition coefficient (Wildman–Crippen LogP) is 10.1. The van der Waals surface area contributed by atoms with Gasteiger partial charge in [-0.2, -0.15) is 10.9 Å². The first kappa shape index (κ1) is 30.1. The van der Waals surface area contributed by atoms with E-state index >= 15 is 0 Å². The first-order valence-corrected chi connectivity index (χ1v) is 19.4. The molecule has 4 nitrogen and oxygen atoms in total. The molecule has 9 rings (SSSR count). The van der Waals surface area contributed by atoms with Crippen LogP contribution in [0.5, 0.6) is 11.5 Å². The largest absolute Gasteiger partial charge is 0.489 e. The highest BCUT2D eigenvalue weighted by Gasteiger charge is 2.57. The number of ether oxygens (including phenoxy) is 3. The third-order valence-corrected chi connectivity index (χ3v) is 14.6. The molecule has 45 heavy (non-hydrogen) atoms. The van der Waals surface area contributed by atoms with Gasteiger partial charge in [-0.3, -0.25) is 0 Å². The first-order chi connectivity index (χ1) is 21.9. The molecule has 5 aliphatic rings. The third-order valence-electron chi connectivity index (χ3n) is 10.6. The van der Waals surface area contributed by atoms with Gasteiger partial charge in [-0.15, -0.1) is 0 Å². The van der Waals surface area contributed by atoms with Crippen molar-refractivity contribution in [1.29, 1.82) is 0 Å². The second-order valence-corrected chi connectivity index (χ2v) is 17.8. The van der Waals surface area contributed by atoms with E-state index in [1.165, 1.54) is 57.9 Å². The van der Waals surface area contributed by atoms with Crippen molar-refractivity contribution in [2.24, 2.45) is 23.7 Å². The van der Waals surface area contributed by atoms with Gasteiger partial charge in [0.15, 0.2) is 6.61 Å². The zero-order valence-electron chi connectivity index (χ0n) is 25.2. The second-order valence-electron chi connectivity index (χ2n) is 13.3. The Morgan fingerprint density at radius 2 is 1.40 bits per heavy atom. The average molecular weight is 843 g/mol. The first-order valence-electron chi connectivity index (χ1n) is 15.9. The molecule has 232 valence electrons. The summed E-state index contributed by atoms with van der Waals surface area (Å²) in [4.78, 5) is 17.3. The van der Waals surface area contributed by atoms with E-state index in [0.29, 0.717) is 24.2 Å². The van der Waals surface area contributed by atoms with E-state index in [1.54, 1.807) is 0 Å². The van der Waals surface area contributed by atoms with Gasteiger partial charge in [0.2, 0.25) is 0 Å². The summed E-state index contributed by atoms with van der Waals surface area (Å²) in [6.07, 6.45) is 6.20. The van der Waals surface area contributed by atoms with Crippen LogP contribution >= 0.6 is 56.1 Å². The Bertz CT molecular complexity index is 1700. The summed E-state index contributed by atoms with van der Waals surface area (Å²) in [6, 6.07) is 30.2. The van der Waals surface area contributed by atoms with Crippen molar-refractivity contribution in [1.82, 2.24) is 0 Å². The lowest BCUT2D eigenvalue weighted by molar-refractivity contribution is -0.204. The van der Waals surface area contributed by atoms with Crippen molar-refractivity contribution in [3.05, 3.63) is 97.6 Å². The number of benzene rings is 4. The molecule has 0 radical (unpaired) electrons. The molecule has 0 amide bonds. The van der Waals surface area contributed by atoms with E-state index in [4.69, 9.17) is 14.2 Å². The molecular weight excluding hydrogens is 806 g/mol. The van der Waals surface area contributed by atoms with Crippen molar-refractivity contribution in [2.45, 2.75) is 65.9 Å². The van der Waals surface area contributed by atoms with Gasteiger partial charge in [0.1, 0.15) is 23.7 Å². The average Bonchev–Trinajstić information content (AvgIpc) is 3.36. The summed E-state index contributed by atoms with van der Waals surface area (Å²) in [5, 5.41) is 0. The molecule has 1 aliphatic heterocycles. The second kappa shape index (κ2) is 12.1.